The molecule has 3 heteroatoms. The van der Waals surface area contributed by atoms with Gasteiger partial charge in [0, 0.05) is 13.1 Å². The Bertz CT molecular complexity index is 251. The van der Waals surface area contributed by atoms with Gasteiger partial charge in [0.2, 0.25) is 0 Å². The van der Waals surface area contributed by atoms with Crippen molar-refractivity contribution in [3.63, 3.8) is 0 Å². The van der Waals surface area contributed by atoms with Gasteiger partial charge >= 0.3 is 5.97 Å². The molecule has 0 aromatic carbocycles. The topological polar surface area (TPSA) is 40.5 Å². The number of nitrogens with zero attached hydrogens (tertiary/aromatic N) is 1. The van der Waals surface area contributed by atoms with E-state index in [4.69, 9.17) is 0 Å². The SMILES string of the molecule is CCCN(CC1CC1)CC(C)(CCC)C(=O)O. The minimum Gasteiger partial charge on any atom is -0.481 e. The lowest BCUT2D eigenvalue weighted by Gasteiger charge is -2.32. The van der Waals surface area contributed by atoms with Gasteiger partial charge in [0.1, 0.15) is 0 Å². The summed E-state index contributed by atoms with van der Waals surface area (Å²) in [6.45, 7) is 8.96. The first-order chi connectivity index (χ1) is 8.01. The smallest absolute Gasteiger partial charge is 0.310 e. The Morgan fingerprint density at radius 2 is 2.00 bits per heavy atom. The fourth-order valence-corrected chi connectivity index (χ4v) is 2.52. The molecule has 1 fully saturated rings. The highest BCUT2D eigenvalue weighted by atomic mass is 16.4. The first-order valence-corrected chi connectivity index (χ1v) is 6.97. The van der Waals surface area contributed by atoms with E-state index in [0.717, 1.165) is 38.3 Å². The Kier molecular flexibility index (Phi) is 5.44. The third-order valence-electron chi connectivity index (χ3n) is 3.64. The van der Waals surface area contributed by atoms with Crippen LogP contribution in [0, 0.1) is 11.3 Å². The molecule has 100 valence electrons. The van der Waals surface area contributed by atoms with E-state index < -0.39 is 11.4 Å². The average Bonchev–Trinajstić information content (AvgIpc) is 3.02. The van der Waals surface area contributed by atoms with Gasteiger partial charge in [0.15, 0.2) is 0 Å². The second kappa shape index (κ2) is 6.39. The highest BCUT2D eigenvalue weighted by molar-refractivity contribution is 5.74. The van der Waals surface area contributed by atoms with Crippen LogP contribution in [0.3, 0.4) is 0 Å². The Morgan fingerprint density at radius 1 is 1.35 bits per heavy atom. The molecule has 0 bridgehead atoms. The quantitative estimate of drug-likeness (QED) is 0.674. The van der Waals surface area contributed by atoms with E-state index in [2.05, 4.69) is 18.7 Å². The number of rotatable bonds is 9. The molecule has 0 aromatic rings. The molecule has 1 aliphatic rings. The lowest BCUT2D eigenvalue weighted by atomic mass is 9.85. The number of hydrogen-bond donors (Lipinski definition) is 1. The van der Waals surface area contributed by atoms with Crippen molar-refractivity contribution in [3.8, 4) is 0 Å². The molecule has 0 radical (unpaired) electrons. The number of carboxylic acids is 1. The molecule has 0 aliphatic heterocycles. The zero-order valence-electron chi connectivity index (χ0n) is 11.5. The minimum atomic E-state index is -0.642. The predicted molar refractivity (Wildman–Crippen MR) is 70.1 cm³/mol. The number of carbonyl (C=O) groups is 1. The summed E-state index contributed by atoms with van der Waals surface area (Å²) in [5, 5.41) is 9.40. The van der Waals surface area contributed by atoms with Crippen LogP contribution in [0.15, 0.2) is 0 Å². The second-order valence-corrected chi connectivity index (χ2v) is 5.79. The molecule has 0 aromatic heterocycles. The lowest BCUT2D eigenvalue weighted by Crippen LogP contribution is -2.42. The Balaban J connectivity index is 2.56. The van der Waals surface area contributed by atoms with E-state index in [1.807, 2.05) is 6.92 Å². The van der Waals surface area contributed by atoms with E-state index in [1.54, 1.807) is 0 Å². The fraction of sp³-hybridized carbons (Fsp3) is 0.929. The van der Waals surface area contributed by atoms with Crippen LogP contribution in [0.4, 0.5) is 0 Å². The van der Waals surface area contributed by atoms with Gasteiger partial charge < -0.3 is 10.0 Å². The molecule has 1 rings (SSSR count). The Hall–Kier alpha value is -0.570. The largest absolute Gasteiger partial charge is 0.481 e. The van der Waals surface area contributed by atoms with Gasteiger partial charge in [-0.2, -0.15) is 0 Å². The van der Waals surface area contributed by atoms with Crippen LogP contribution >= 0.6 is 0 Å². The number of hydrogen-bond acceptors (Lipinski definition) is 2. The summed E-state index contributed by atoms with van der Waals surface area (Å²) in [5.74, 6) is 0.192. The maximum Gasteiger partial charge on any atom is 0.310 e. The van der Waals surface area contributed by atoms with Crippen molar-refractivity contribution in [2.24, 2.45) is 11.3 Å². The van der Waals surface area contributed by atoms with Gasteiger partial charge in [0.25, 0.3) is 0 Å². The monoisotopic (exact) mass is 241 g/mol. The van der Waals surface area contributed by atoms with Gasteiger partial charge in [0.05, 0.1) is 5.41 Å². The maximum atomic E-state index is 11.4. The first-order valence-electron chi connectivity index (χ1n) is 6.97. The van der Waals surface area contributed by atoms with Crippen molar-refractivity contribution in [3.05, 3.63) is 0 Å². The molecule has 1 atom stereocenters. The molecule has 1 unspecified atom stereocenters. The third kappa shape index (κ3) is 4.66. The third-order valence-corrected chi connectivity index (χ3v) is 3.64. The molecule has 0 spiro atoms. The zero-order chi connectivity index (χ0) is 12.9. The van der Waals surface area contributed by atoms with Gasteiger partial charge in [-0.1, -0.05) is 20.3 Å². The molecule has 3 nitrogen and oxygen atoms in total. The van der Waals surface area contributed by atoms with Crippen molar-refractivity contribution >= 4 is 5.97 Å². The average molecular weight is 241 g/mol. The van der Waals surface area contributed by atoms with E-state index in [0.29, 0.717) is 6.54 Å². The number of aliphatic carboxylic acids is 1. The summed E-state index contributed by atoms with van der Waals surface area (Å²) >= 11 is 0. The Morgan fingerprint density at radius 3 is 2.41 bits per heavy atom. The van der Waals surface area contributed by atoms with Crippen LogP contribution in [0.1, 0.15) is 52.9 Å². The maximum absolute atomic E-state index is 11.4. The molecule has 0 amide bonds. The molecular formula is C14H27NO2. The molecule has 17 heavy (non-hydrogen) atoms. The highest BCUT2D eigenvalue weighted by Gasteiger charge is 2.35. The van der Waals surface area contributed by atoms with Crippen LogP contribution in [0.2, 0.25) is 0 Å². The van der Waals surface area contributed by atoms with Gasteiger partial charge in [-0.3, -0.25) is 4.79 Å². The summed E-state index contributed by atoms with van der Waals surface area (Å²) < 4.78 is 0. The van der Waals surface area contributed by atoms with Crippen LogP contribution in [0.5, 0.6) is 0 Å². The fourth-order valence-electron chi connectivity index (χ4n) is 2.52. The van der Waals surface area contributed by atoms with Gasteiger partial charge in [-0.15, -0.1) is 0 Å². The van der Waals surface area contributed by atoms with Crippen molar-refractivity contribution < 1.29 is 9.90 Å². The van der Waals surface area contributed by atoms with Crippen molar-refractivity contribution in [1.29, 1.82) is 0 Å². The molecule has 1 N–H and O–H groups in total. The van der Waals surface area contributed by atoms with E-state index in [-0.39, 0.29) is 0 Å². The predicted octanol–water partition coefficient (Wildman–Crippen LogP) is 3.00. The minimum absolute atomic E-state index is 0.571. The molecule has 1 saturated carbocycles. The van der Waals surface area contributed by atoms with Crippen molar-refractivity contribution in [2.45, 2.75) is 52.9 Å². The first kappa shape index (κ1) is 14.5. The summed E-state index contributed by atoms with van der Waals surface area (Å²) in [7, 11) is 0. The summed E-state index contributed by atoms with van der Waals surface area (Å²) in [6.07, 6.45) is 5.48. The zero-order valence-corrected chi connectivity index (χ0v) is 11.5. The lowest BCUT2D eigenvalue weighted by molar-refractivity contribution is -0.149. The van der Waals surface area contributed by atoms with Crippen LogP contribution in [-0.4, -0.2) is 35.6 Å². The molecular weight excluding hydrogens is 214 g/mol. The van der Waals surface area contributed by atoms with Crippen molar-refractivity contribution in [2.75, 3.05) is 19.6 Å². The Labute approximate surface area is 105 Å². The van der Waals surface area contributed by atoms with E-state index in [9.17, 15) is 9.90 Å². The standard InChI is InChI=1S/C14H27NO2/c1-4-8-14(3,13(16)17)11-15(9-5-2)10-12-6-7-12/h12H,4-11H2,1-3H3,(H,16,17). The highest BCUT2D eigenvalue weighted by Crippen LogP contribution is 2.32. The summed E-state index contributed by atoms with van der Waals surface area (Å²) in [5.41, 5.74) is -0.571. The molecule has 0 heterocycles. The summed E-state index contributed by atoms with van der Waals surface area (Å²) in [6, 6.07) is 0. The van der Waals surface area contributed by atoms with Gasteiger partial charge in [-0.25, -0.2) is 0 Å². The van der Waals surface area contributed by atoms with E-state index >= 15 is 0 Å². The van der Waals surface area contributed by atoms with Crippen LogP contribution in [0.25, 0.3) is 0 Å². The van der Waals surface area contributed by atoms with Gasteiger partial charge in [-0.05, 0) is 45.1 Å². The number of carboxylic acid groups (broad SMARTS) is 1. The van der Waals surface area contributed by atoms with Crippen molar-refractivity contribution in [1.82, 2.24) is 4.90 Å². The van der Waals surface area contributed by atoms with Crippen LogP contribution in [-0.2, 0) is 4.79 Å². The summed E-state index contributed by atoms with van der Waals surface area (Å²) in [4.78, 5) is 13.8. The van der Waals surface area contributed by atoms with E-state index in [1.165, 1.54) is 12.8 Å². The second-order valence-electron chi connectivity index (χ2n) is 5.79. The molecule has 0 saturated heterocycles. The van der Waals surface area contributed by atoms with Crippen LogP contribution < -0.4 is 0 Å². The normalized spacial score (nSPS) is 19.3. The molecule has 1 aliphatic carbocycles.